The average molecular weight is 301 g/mol. The van der Waals surface area contributed by atoms with Gasteiger partial charge >= 0.3 is 5.97 Å². The minimum Gasteiger partial charge on any atom is -0.492 e. The van der Waals surface area contributed by atoms with Crippen LogP contribution >= 0.6 is 11.6 Å². The second-order valence-electron chi connectivity index (χ2n) is 4.35. The van der Waals surface area contributed by atoms with Crippen molar-refractivity contribution in [1.82, 2.24) is 0 Å². The number of para-hydroxylation sites is 1. The summed E-state index contributed by atoms with van der Waals surface area (Å²) in [4.78, 5) is 11.1. The van der Waals surface area contributed by atoms with E-state index in [4.69, 9.17) is 21.1 Å². The summed E-state index contributed by atoms with van der Waals surface area (Å²) in [7, 11) is 0. The number of benzene rings is 1. The standard InChI is InChI=1S/C15H21ClO4/c1-2-19-14(18)9-4-3-5-10-20-15-12(11-17)7-6-8-13(15)16/h6-8,17H,2-5,9-11H2,1H3. The Kier molecular flexibility index (Phi) is 8.07. The first kappa shape index (κ1) is 16.8. The molecule has 0 amide bonds. The van der Waals surface area contributed by atoms with E-state index >= 15 is 0 Å². The molecule has 0 aliphatic carbocycles. The average Bonchev–Trinajstić information content (AvgIpc) is 2.44. The van der Waals surface area contributed by atoms with Gasteiger partial charge in [0.2, 0.25) is 0 Å². The Morgan fingerprint density at radius 2 is 2.10 bits per heavy atom. The van der Waals surface area contributed by atoms with Crippen LogP contribution in [0.3, 0.4) is 0 Å². The number of ether oxygens (including phenoxy) is 2. The molecule has 112 valence electrons. The van der Waals surface area contributed by atoms with Crippen molar-refractivity contribution >= 4 is 17.6 Å². The van der Waals surface area contributed by atoms with E-state index in [1.807, 2.05) is 0 Å². The molecule has 0 saturated carbocycles. The molecule has 0 aliphatic heterocycles. The highest BCUT2D eigenvalue weighted by molar-refractivity contribution is 6.32. The lowest BCUT2D eigenvalue weighted by molar-refractivity contribution is -0.143. The number of carbonyl (C=O) groups is 1. The summed E-state index contributed by atoms with van der Waals surface area (Å²) < 4.78 is 10.5. The molecule has 0 bridgehead atoms. The number of carbonyl (C=O) groups excluding carboxylic acids is 1. The first-order valence-electron chi connectivity index (χ1n) is 6.85. The molecule has 4 nitrogen and oxygen atoms in total. The van der Waals surface area contributed by atoms with Gasteiger partial charge < -0.3 is 14.6 Å². The van der Waals surface area contributed by atoms with Crippen molar-refractivity contribution in [2.45, 2.75) is 39.2 Å². The molecule has 0 spiro atoms. The molecule has 0 fully saturated rings. The van der Waals surface area contributed by atoms with Crippen molar-refractivity contribution in [2.24, 2.45) is 0 Å². The van der Waals surface area contributed by atoms with Crippen LogP contribution in [0.5, 0.6) is 5.75 Å². The molecule has 0 saturated heterocycles. The quantitative estimate of drug-likeness (QED) is 0.561. The highest BCUT2D eigenvalue weighted by Gasteiger charge is 2.07. The molecule has 0 atom stereocenters. The second-order valence-corrected chi connectivity index (χ2v) is 4.76. The Morgan fingerprint density at radius 3 is 2.80 bits per heavy atom. The largest absolute Gasteiger partial charge is 0.492 e. The molecule has 0 aliphatic rings. The maximum Gasteiger partial charge on any atom is 0.305 e. The number of rotatable bonds is 9. The molecule has 1 aromatic carbocycles. The van der Waals surface area contributed by atoms with Crippen LogP contribution in [-0.4, -0.2) is 24.3 Å². The van der Waals surface area contributed by atoms with Crippen molar-refractivity contribution in [3.8, 4) is 5.75 Å². The van der Waals surface area contributed by atoms with Gasteiger partial charge in [0.25, 0.3) is 0 Å². The Morgan fingerprint density at radius 1 is 1.30 bits per heavy atom. The molecule has 0 heterocycles. The van der Waals surface area contributed by atoms with Crippen LogP contribution in [0.1, 0.15) is 38.2 Å². The van der Waals surface area contributed by atoms with E-state index in [1.165, 1.54) is 0 Å². The second kappa shape index (κ2) is 9.61. The highest BCUT2D eigenvalue weighted by Crippen LogP contribution is 2.28. The van der Waals surface area contributed by atoms with Gasteiger partial charge in [-0.05, 0) is 32.3 Å². The maximum absolute atomic E-state index is 11.1. The van der Waals surface area contributed by atoms with Gasteiger partial charge in [-0.2, -0.15) is 0 Å². The van der Waals surface area contributed by atoms with E-state index in [-0.39, 0.29) is 12.6 Å². The zero-order valence-electron chi connectivity index (χ0n) is 11.7. The maximum atomic E-state index is 11.1. The van der Waals surface area contributed by atoms with Crippen molar-refractivity contribution in [3.63, 3.8) is 0 Å². The lowest BCUT2D eigenvalue weighted by Crippen LogP contribution is -2.04. The van der Waals surface area contributed by atoms with Crippen LogP contribution in [0.15, 0.2) is 18.2 Å². The lowest BCUT2D eigenvalue weighted by atomic mass is 10.2. The SMILES string of the molecule is CCOC(=O)CCCCCOc1c(Cl)cccc1CO. The van der Waals surface area contributed by atoms with Crippen LogP contribution in [0, 0.1) is 0 Å². The van der Waals surface area contributed by atoms with E-state index in [0.717, 1.165) is 19.3 Å². The van der Waals surface area contributed by atoms with Gasteiger partial charge in [-0.25, -0.2) is 0 Å². The summed E-state index contributed by atoms with van der Waals surface area (Å²) in [6.45, 7) is 2.64. The number of esters is 1. The topological polar surface area (TPSA) is 55.8 Å². The van der Waals surface area contributed by atoms with E-state index in [9.17, 15) is 9.90 Å². The van der Waals surface area contributed by atoms with Crippen LogP contribution in [0.4, 0.5) is 0 Å². The minimum absolute atomic E-state index is 0.0985. The predicted octanol–water partition coefficient (Wildman–Crippen LogP) is 3.33. The van der Waals surface area contributed by atoms with Crippen LogP contribution in [-0.2, 0) is 16.1 Å². The molecule has 1 rings (SSSR count). The zero-order chi connectivity index (χ0) is 14.8. The van der Waals surface area contributed by atoms with Gasteiger partial charge in [0.15, 0.2) is 0 Å². The summed E-state index contributed by atoms with van der Waals surface area (Å²) in [6.07, 6.45) is 2.95. The van der Waals surface area contributed by atoms with Crippen LogP contribution < -0.4 is 4.74 Å². The number of unbranched alkanes of at least 4 members (excludes halogenated alkanes) is 2. The van der Waals surface area contributed by atoms with Gasteiger partial charge in [0, 0.05) is 12.0 Å². The minimum atomic E-state index is -0.151. The fourth-order valence-corrected chi connectivity index (χ4v) is 2.04. The Bertz CT molecular complexity index is 420. The normalized spacial score (nSPS) is 10.3. The number of halogens is 1. The summed E-state index contributed by atoms with van der Waals surface area (Å²) in [5.41, 5.74) is 0.684. The van der Waals surface area contributed by atoms with Gasteiger partial charge in [0.05, 0.1) is 24.8 Å². The molecular weight excluding hydrogens is 280 g/mol. The van der Waals surface area contributed by atoms with Gasteiger partial charge in [-0.1, -0.05) is 23.7 Å². The predicted molar refractivity (Wildman–Crippen MR) is 78.0 cm³/mol. The lowest BCUT2D eigenvalue weighted by Gasteiger charge is -2.11. The van der Waals surface area contributed by atoms with Crippen LogP contribution in [0.2, 0.25) is 5.02 Å². The third-order valence-corrected chi connectivity index (χ3v) is 3.09. The Labute approximate surface area is 124 Å². The van der Waals surface area contributed by atoms with Crippen molar-refractivity contribution < 1.29 is 19.4 Å². The van der Waals surface area contributed by atoms with Crippen molar-refractivity contribution in [1.29, 1.82) is 0 Å². The molecule has 0 unspecified atom stereocenters. The van der Waals surface area contributed by atoms with Gasteiger partial charge in [-0.15, -0.1) is 0 Å². The molecule has 20 heavy (non-hydrogen) atoms. The summed E-state index contributed by atoms with van der Waals surface area (Å²) in [5, 5.41) is 9.71. The molecule has 1 N–H and O–H groups in total. The first-order valence-corrected chi connectivity index (χ1v) is 7.23. The van der Waals surface area contributed by atoms with E-state index in [1.54, 1.807) is 25.1 Å². The molecular formula is C15H21ClO4. The monoisotopic (exact) mass is 300 g/mol. The van der Waals surface area contributed by atoms with Crippen LogP contribution in [0.25, 0.3) is 0 Å². The number of aliphatic hydroxyl groups excluding tert-OH is 1. The van der Waals surface area contributed by atoms with E-state index < -0.39 is 0 Å². The third-order valence-electron chi connectivity index (χ3n) is 2.80. The molecule has 1 aromatic rings. The van der Waals surface area contributed by atoms with E-state index in [2.05, 4.69) is 0 Å². The van der Waals surface area contributed by atoms with Gasteiger partial charge in [0.1, 0.15) is 5.75 Å². The fraction of sp³-hybridized carbons (Fsp3) is 0.533. The number of hydrogen-bond acceptors (Lipinski definition) is 4. The summed E-state index contributed by atoms with van der Waals surface area (Å²) >= 11 is 6.03. The Hall–Kier alpha value is -1.26. The van der Waals surface area contributed by atoms with Crippen molar-refractivity contribution in [2.75, 3.05) is 13.2 Å². The third kappa shape index (κ3) is 5.80. The number of hydrogen-bond donors (Lipinski definition) is 1. The zero-order valence-corrected chi connectivity index (χ0v) is 12.5. The molecule has 0 aromatic heterocycles. The van der Waals surface area contributed by atoms with Crippen molar-refractivity contribution in [3.05, 3.63) is 28.8 Å². The van der Waals surface area contributed by atoms with E-state index in [0.29, 0.717) is 36.0 Å². The fourth-order valence-electron chi connectivity index (χ4n) is 1.80. The summed E-state index contributed by atoms with van der Waals surface area (Å²) in [6, 6.07) is 5.29. The molecule has 0 radical (unpaired) electrons. The molecule has 5 heteroatoms. The first-order chi connectivity index (χ1) is 9.69. The smallest absolute Gasteiger partial charge is 0.305 e. The number of aliphatic hydroxyl groups is 1. The van der Waals surface area contributed by atoms with Gasteiger partial charge in [-0.3, -0.25) is 4.79 Å². The summed E-state index contributed by atoms with van der Waals surface area (Å²) in [5.74, 6) is 0.393. The highest BCUT2D eigenvalue weighted by atomic mass is 35.5. The Balaban J connectivity index is 2.23.